The third-order valence-electron chi connectivity index (χ3n) is 4.85. The molecule has 0 spiro atoms. The van der Waals surface area contributed by atoms with E-state index < -0.39 is 0 Å². The van der Waals surface area contributed by atoms with Gasteiger partial charge in [0.05, 0.1) is 12.7 Å². The largest absolute Gasteiger partial charge is 0.377 e. The molecular weight excluding hydrogens is 224 g/mol. The molecule has 1 fully saturated rings. The molecule has 3 nitrogen and oxygen atoms in total. The fraction of sp³-hybridized carbons (Fsp3) is 1.00. The van der Waals surface area contributed by atoms with E-state index in [0.717, 1.165) is 19.7 Å². The van der Waals surface area contributed by atoms with Crippen molar-refractivity contribution in [3.05, 3.63) is 0 Å². The first-order valence-corrected chi connectivity index (χ1v) is 7.39. The van der Waals surface area contributed by atoms with Crippen LogP contribution in [0.15, 0.2) is 0 Å². The molecular formula is C15H32N2O. The van der Waals surface area contributed by atoms with Crippen molar-refractivity contribution in [1.82, 2.24) is 4.90 Å². The number of rotatable bonds is 6. The molecule has 0 aromatic rings. The fourth-order valence-corrected chi connectivity index (χ4v) is 3.44. The van der Waals surface area contributed by atoms with Crippen molar-refractivity contribution in [1.29, 1.82) is 0 Å². The van der Waals surface area contributed by atoms with E-state index in [0.29, 0.717) is 11.5 Å². The van der Waals surface area contributed by atoms with E-state index in [1.807, 2.05) is 0 Å². The topological polar surface area (TPSA) is 38.5 Å². The van der Waals surface area contributed by atoms with E-state index in [4.69, 9.17) is 10.5 Å². The quantitative estimate of drug-likeness (QED) is 0.794. The van der Waals surface area contributed by atoms with Crippen LogP contribution in [-0.4, -0.2) is 43.3 Å². The van der Waals surface area contributed by atoms with Crippen LogP contribution in [0.3, 0.4) is 0 Å². The summed E-state index contributed by atoms with van der Waals surface area (Å²) in [6.45, 7) is 11.4. The molecule has 108 valence electrons. The molecule has 1 unspecified atom stereocenters. The molecule has 0 heterocycles. The predicted octanol–water partition coefficient (Wildman–Crippen LogP) is 2.64. The Hall–Kier alpha value is -0.120. The Morgan fingerprint density at radius 3 is 2.33 bits per heavy atom. The highest BCUT2D eigenvalue weighted by Crippen LogP contribution is 2.46. The van der Waals surface area contributed by atoms with Gasteiger partial charge in [0.15, 0.2) is 0 Å². The van der Waals surface area contributed by atoms with Crippen molar-refractivity contribution in [2.75, 3.05) is 26.7 Å². The molecule has 0 saturated heterocycles. The zero-order chi connectivity index (χ0) is 13.8. The summed E-state index contributed by atoms with van der Waals surface area (Å²) in [5.41, 5.74) is 6.61. The molecule has 0 aliphatic heterocycles. The summed E-state index contributed by atoms with van der Waals surface area (Å²) in [7, 11) is 2.21. The lowest BCUT2D eigenvalue weighted by Crippen LogP contribution is -2.63. The van der Waals surface area contributed by atoms with Gasteiger partial charge in [-0.1, -0.05) is 26.7 Å². The first-order chi connectivity index (χ1) is 8.35. The monoisotopic (exact) mass is 256 g/mol. The highest BCUT2D eigenvalue weighted by atomic mass is 16.5. The summed E-state index contributed by atoms with van der Waals surface area (Å²) in [4.78, 5) is 2.45. The van der Waals surface area contributed by atoms with Crippen LogP contribution in [-0.2, 0) is 4.74 Å². The molecule has 0 aromatic carbocycles. The van der Waals surface area contributed by atoms with Crippen LogP contribution in [0.2, 0.25) is 0 Å². The molecule has 2 N–H and O–H groups in total. The van der Waals surface area contributed by atoms with Crippen LogP contribution in [0.25, 0.3) is 0 Å². The lowest BCUT2D eigenvalue weighted by Gasteiger charge is -2.55. The minimum atomic E-state index is 0.144. The number of nitrogens with zero attached hydrogens (tertiary/aromatic N) is 1. The standard InChI is InChI=1S/C15H32N2O/c1-13(2)18-11-10-17(5)15(12-16)9-7-6-8-14(15,3)4/h13H,6-12,16H2,1-5H3. The van der Waals surface area contributed by atoms with Gasteiger partial charge in [-0.05, 0) is 39.2 Å². The van der Waals surface area contributed by atoms with E-state index in [-0.39, 0.29) is 5.54 Å². The van der Waals surface area contributed by atoms with Crippen molar-refractivity contribution in [3.8, 4) is 0 Å². The first kappa shape index (κ1) is 15.9. The molecule has 0 radical (unpaired) electrons. The Morgan fingerprint density at radius 1 is 1.22 bits per heavy atom. The number of hydrogen-bond acceptors (Lipinski definition) is 3. The van der Waals surface area contributed by atoms with Crippen molar-refractivity contribution < 1.29 is 4.74 Å². The van der Waals surface area contributed by atoms with E-state index in [1.54, 1.807) is 0 Å². The van der Waals surface area contributed by atoms with Gasteiger partial charge in [0.2, 0.25) is 0 Å². The Labute approximate surface area is 113 Å². The Kier molecular flexibility index (Phi) is 5.63. The minimum Gasteiger partial charge on any atom is -0.377 e. The van der Waals surface area contributed by atoms with Crippen molar-refractivity contribution in [2.45, 2.75) is 65.0 Å². The summed E-state index contributed by atoms with van der Waals surface area (Å²) in [6, 6.07) is 0. The van der Waals surface area contributed by atoms with Crippen molar-refractivity contribution in [3.63, 3.8) is 0 Å². The molecule has 0 aromatic heterocycles. The molecule has 1 rings (SSSR count). The van der Waals surface area contributed by atoms with Crippen LogP contribution < -0.4 is 5.73 Å². The number of likely N-dealkylation sites (N-methyl/N-ethyl adjacent to an activating group) is 1. The van der Waals surface area contributed by atoms with Gasteiger partial charge in [0.25, 0.3) is 0 Å². The Bertz CT molecular complexity index is 253. The van der Waals surface area contributed by atoms with Crippen LogP contribution in [0.5, 0.6) is 0 Å². The second-order valence-electron chi connectivity index (χ2n) is 6.67. The Morgan fingerprint density at radius 2 is 1.83 bits per heavy atom. The average Bonchev–Trinajstić information content (AvgIpc) is 2.28. The van der Waals surface area contributed by atoms with Gasteiger partial charge in [-0.3, -0.25) is 4.90 Å². The second kappa shape index (κ2) is 6.36. The number of ether oxygens (including phenoxy) is 1. The maximum atomic E-state index is 6.16. The fourth-order valence-electron chi connectivity index (χ4n) is 3.44. The summed E-state index contributed by atoms with van der Waals surface area (Å²) in [6.07, 6.45) is 5.45. The zero-order valence-electron chi connectivity index (χ0n) is 13.0. The van der Waals surface area contributed by atoms with Gasteiger partial charge in [-0.25, -0.2) is 0 Å². The zero-order valence-corrected chi connectivity index (χ0v) is 13.0. The molecule has 1 atom stereocenters. The lowest BCUT2D eigenvalue weighted by atomic mass is 9.62. The maximum Gasteiger partial charge on any atom is 0.0597 e. The summed E-state index contributed by atoms with van der Waals surface area (Å²) < 4.78 is 5.68. The first-order valence-electron chi connectivity index (χ1n) is 7.39. The third kappa shape index (κ3) is 3.25. The van der Waals surface area contributed by atoms with E-state index in [2.05, 4.69) is 39.6 Å². The molecule has 3 heteroatoms. The van der Waals surface area contributed by atoms with E-state index >= 15 is 0 Å². The molecule has 1 saturated carbocycles. The average molecular weight is 256 g/mol. The summed E-state index contributed by atoms with van der Waals surface area (Å²) >= 11 is 0. The van der Waals surface area contributed by atoms with Gasteiger partial charge in [0.1, 0.15) is 0 Å². The predicted molar refractivity (Wildman–Crippen MR) is 77.8 cm³/mol. The van der Waals surface area contributed by atoms with Crippen LogP contribution in [0.1, 0.15) is 53.4 Å². The normalized spacial score (nSPS) is 28.0. The van der Waals surface area contributed by atoms with Gasteiger partial charge >= 0.3 is 0 Å². The highest BCUT2D eigenvalue weighted by Gasteiger charge is 2.47. The maximum absolute atomic E-state index is 6.16. The minimum absolute atomic E-state index is 0.144. The van der Waals surface area contributed by atoms with E-state index in [9.17, 15) is 0 Å². The van der Waals surface area contributed by atoms with Gasteiger partial charge < -0.3 is 10.5 Å². The summed E-state index contributed by atoms with van der Waals surface area (Å²) in [5.74, 6) is 0. The number of hydrogen-bond donors (Lipinski definition) is 1. The molecule has 1 aliphatic carbocycles. The smallest absolute Gasteiger partial charge is 0.0597 e. The second-order valence-corrected chi connectivity index (χ2v) is 6.67. The van der Waals surface area contributed by atoms with Crippen molar-refractivity contribution >= 4 is 0 Å². The summed E-state index contributed by atoms with van der Waals surface area (Å²) in [5, 5.41) is 0. The number of nitrogens with two attached hydrogens (primary N) is 1. The molecule has 0 amide bonds. The van der Waals surface area contributed by atoms with Crippen LogP contribution >= 0.6 is 0 Å². The molecule has 1 aliphatic rings. The van der Waals surface area contributed by atoms with Crippen molar-refractivity contribution in [2.24, 2.45) is 11.1 Å². The lowest BCUT2D eigenvalue weighted by molar-refractivity contribution is -0.0457. The Balaban J connectivity index is 2.67. The van der Waals surface area contributed by atoms with Gasteiger partial charge in [-0.2, -0.15) is 0 Å². The molecule has 0 bridgehead atoms. The van der Waals surface area contributed by atoms with Crippen LogP contribution in [0, 0.1) is 5.41 Å². The van der Waals surface area contributed by atoms with Crippen LogP contribution in [0.4, 0.5) is 0 Å². The van der Waals surface area contributed by atoms with Gasteiger partial charge in [0, 0.05) is 18.6 Å². The van der Waals surface area contributed by atoms with E-state index in [1.165, 1.54) is 25.7 Å². The van der Waals surface area contributed by atoms with Gasteiger partial charge in [-0.15, -0.1) is 0 Å². The SMILES string of the molecule is CC(C)OCCN(C)C1(CN)CCCCC1(C)C. The molecule has 18 heavy (non-hydrogen) atoms. The highest BCUT2D eigenvalue weighted by molar-refractivity contribution is 5.04. The third-order valence-corrected chi connectivity index (χ3v) is 4.85.